The molecular weight excluding hydrogens is 311 g/mol. The Kier molecular flexibility index (Phi) is 8.98. The first-order chi connectivity index (χ1) is 9.66. The lowest BCUT2D eigenvalue weighted by Crippen LogP contribution is -2.07. The summed E-state index contributed by atoms with van der Waals surface area (Å²) in [5, 5.41) is 0. The Labute approximate surface area is 130 Å². The minimum absolute atomic E-state index is 0.218. The van der Waals surface area contributed by atoms with E-state index in [1.54, 1.807) is 23.5 Å². The van der Waals surface area contributed by atoms with Gasteiger partial charge in [0, 0.05) is 4.90 Å². The second-order valence-electron chi connectivity index (χ2n) is 3.98. The third-order valence-electron chi connectivity index (χ3n) is 2.32. The average Bonchev–Trinajstić information content (AvgIpc) is 2.45. The lowest BCUT2D eigenvalue weighted by atomic mass is 10.4. The van der Waals surface area contributed by atoms with E-state index in [0.29, 0.717) is 13.2 Å². The van der Waals surface area contributed by atoms with Gasteiger partial charge < -0.3 is 9.05 Å². The number of rotatable bonds is 10. The van der Waals surface area contributed by atoms with Crippen molar-refractivity contribution in [1.82, 2.24) is 0 Å². The molecule has 0 heterocycles. The van der Waals surface area contributed by atoms with E-state index in [4.69, 9.17) is 9.05 Å². The first-order valence-corrected chi connectivity index (χ1v) is 10.4. The van der Waals surface area contributed by atoms with Crippen LogP contribution in [0.15, 0.2) is 35.2 Å². The van der Waals surface area contributed by atoms with E-state index in [-0.39, 0.29) is 4.32 Å². The third kappa shape index (κ3) is 5.82. The number of hydrogen-bond donors (Lipinski definition) is 0. The Bertz CT molecular complexity index is 404. The standard InChI is InChI=1S/C14H23O3PS2/c1-4-12-19-14(18(15,16-5-2)17-6-3)20-13-10-8-7-9-11-13/h7-11,14H,4-6,12H2,1-3H3. The molecule has 0 saturated heterocycles. The highest BCUT2D eigenvalue weighted by Gasteiger charge is 2.36. The predicted octanol–water partition coefficient (Wildman–Crippen LogP) is 5.47. The fourth-order valence-electron chi connectivity index (χ4n) is 1.54. The molecule has 0 aromatic heterocycles. The maximum Gasteiger partial charge on any atom is 0.353 e. The van der Waals surface area contributed by atoms with Gasteiger partial charge in [0.15, 0.2) is 4.32 Å². The molecule has 6 heteroatoms. The van der Waals surface area contributed by atoms with Gasteiger partial charge in [0.2, 0.25) is 0 Å². The molecule has 1 atom stereocenters. The van der Waals surface area contributed by atoms with Crippen molar-refractivity contribution in [2.75, 3.05) is 19.0 Å². The minimum Gasteiger partial charge on any atom is -0.308 e. The summed E-state index contributed by atoms with van der Waals surface area (Å²) in [5.41, 5.74) is 0. The molecule has 1 unspecified atom stereocenters. The van der Waals surface area contributed by atoms with Crippen LogP contribution in [0.1, 0.15) is 27.2 Å². The van der Waals surface area contributed by atoms with Crippen LogP contribution in [-0.4, -0.2) is 23.3 Å². The van der Waals surface area contributed by atoms with E-state index in [9.17, 15) is 4.57 Å². The highest BCUT2D eigenvalue weighted by Crippen LogP contribution is 2.62. The lowest BCUT2D eigenvalue weighted by molar-refractivity contribution is 0.222. The van der Waals surface area contributed by atoms with Crippen molar-refractivity contribution in [1.29, 1.82) is 0 Å². The van der Waals surface area contributed by atoms with Crippen LogP contribution in [0.3, 0.4) is 0 Å². The van der Waals surface area contributed by atoms with Crippen molar-refractivity contribution in [2.45, 2.75) is 36.4 Å². The maximum absolute atomic E-state index is 12.9. The summed E-state index contributed by atoms with van der Waals surface area (Å²) in [7, 11) is -3.10. The van der Waals surface area contributed by atoms with Gasteiger partial charge in [0.25, 0.3) is 0 Å². The molecule has 0 saturated carbocycles. The molecule has 1 aromatic rings. The van der Waals surface area contributed by atoms with Crippen LogP contribution in [0.2, 0.25) is 0 Å². The molecule has 3 nitrogen and oxygen atoms in total. The minimum atomic E-state index is -3.10. The smallest absolute Gasteiger partial charge is 0.308 e. The van der Waals surface area contributed by atoms with Crippen molar-refractivity contribution in [3.8, 4) is 0 Å². The van der Waals surface area contributed by atoms with Crippen molar-refractivity contribution in [3.05, 3.63) is 30.3 Å². The van der Waals surface area contributed by atoms with E-state index in [2.05, 4.69) is 6.92 Å². The third-order valence-corrected chi connectivity index (χ3v) is 8.76. The van der Waals surface area contributed by atoms with Gasteiger partial charge in [-0.15, -0.1) is 11.8 Å². The van der Waals surface area contributed by atoms with Crippen LogP contribution in [0.4, 0.5) is 0 Å². The van der Waals surface area contributed by atoms with Crippen LogP contribution in [0.25, 0.3) is 0 Å². The molecule has 0 N–H and O–H groups in total. The SMILES string of the molecule is CCCSC(Sc1ccccc1)P(=O)(OCC)OCC. The maximum atomic E-state index is 12.9. The first-order valence-electron chi connectivity index (χ1n) is 6.88. The molecule has 0 radical (unpaired) electrons. The molecular formula is C14H23O3PS2. The Morgan fingerprint density at radius 3 is 2.20 bits per heavy atom. The highest BCUT2D eigenvalue weighted by atomic mass is 32.2. The largest absolute Gasteiger partial charge is 0.353 e. The van der Waals surface area contributed by atoms with Crippen LogP contribution in [0.5, 0.6) is 0 Å². The van der Waals surface area contributed by atoms with Crippen molar-refractivity contribution in [3.63, 3.8) is 0 Å². The van der Waals surface area contributed by atoms with Gasteiger partial charge >= 0.3 is 7.60 Å². The molecule has 1 aromatic carbocycles. The van der Waals surface area contributed by atoms with Gasteiger partial charge in [-0.3, -0.25) is 4.57 Å². The molecule has 1 rings (SSSR count). The first kappa shape index (κ1) is 18.1. The Morgan fingerprint density at radius 1 is 1.10 bits per heavy atom. The van der Waals surface area contributed by atoms with Crippen molar-refractivity contribution in [2.24, 2.45) is 0 Å². The molecule has 114 valence electrons. The fraction of sp³-hybridized carbons (Fsp3) is 0.571. The molecule has 0 bridgehead atoms. The normalized spacial score (nSPS) is 13.3. The van der Waals surface area contributed by atoms with Gasteiger partial charge in [-0.25, -0.2) is 0 Å². The summed E-state index contributed by atoms with van der Waals surface area (Å²) in [5.74, 6) is 0.939. The molecule has 0 amide bonds. The highest BCUT2D eigenvalue weighted by molar-refractivity contribution is 8.23. The Balaban J connectivity index is 2.87. The van der Waals surface area contributed by atoms with E-state index in [1.807, 2.05) is 44.2 Å². The summed E-state index contributed by atoms with van der Waals surface area (Å²) < 4.78 is 23.7. The molecule has 0 aliphatic heterocycles. The zero-order valence-electron chi connectivity index (χ0n) is 12.3. The Morgan fingerprint density at radius 2 is 1.70 bits per heavy atom. The average molecular weight is 334 g/mol. The summed E-state index contributed by atoms with van der Waals surface area (Å²) >= 11 is 3.22. The fourth-order valence-corrected chi connectivity index (χ4v) is 7.12. The van der Waals surface area contributed by atoms with E-state index in [1.165, 1.54) is 0 Å². The van der Waals surface area contributed by atoms with Gasteiger partial charge in [-0.1, -0.05) is 36.9 Å². The summed E-state index contributed by atoms with van der Waals surface area (Å²) in [6.45, 7) is 6.61. The van der Waals surface area contributed by atoms with E-state index >= 15 is 0 Å². The molecule has 0 spiro atoms. The van der Waals surface area contributed by atoms with Gasteiger partial charge in [-0.2, -0.15) is 0 Å². The van der Waals surface area contributed by atoms with E-state index < -0.39 is 7.60 Å². The summed E-state index contributed by atoms with van der Waals surface area (Å²) in [6, 6.07) is 9.98. The van der Waals surface area contributed by atoms with Crippen LogP contribution >= 0.6 is 31.1 Å². The molecule has 20 heavy (non-hydrogen) atoms. The second-order valence-corrected chi connectivity index (χ2v) is 9.49. The Hall–Kier alpha value is 0.0700. The monoisotopic (exact) mass is 334 g/mol. The zero-order valence-corrected chi connectivity index (χ0v) is 14.8. The van der Waals surface area contributed by atoms with E-state index in [0.717, 1.165) is 17.1 Å². The molecule has 0 aliphatic rings. The quantitative estimate of drug-likeness (QED) is 0.322. The van der Waals surface area contributed by atoms with Crippen molar-refractivity contribution >= 4 is 31.1 Å². The topological polar surface area (TPSA) is 35.5 Å². The van der Waals surface area contributed by atoms with Crippen LogP contribution < -0.4 is 0 Å². The van der Waals surface area contributed by atoms with Gasteiger partial charge in [0.1, 0.15) is 0 Å². The van der Waals surface area contributed by atoms with Crippen molar-refractivity contribution < 1.29 is 13.6 Å². The van der Waals surface area contributed by atoms with Gasteiger partial charge in [-0.05, 0) is 38.2 Å². The number of hydrogen-bond acceptors (Lipinski definition) is 5. The van der Waals surface area contributed by atoms with Gasteiger partial charge in [0.05, 0.1) is 13.2 Å². The lowest BCUT2D eigenvalue weighted by Gasteiger charge is -2.25. The predicted molar refractivity (Wildman–Crippen MR) is 89.7 cm³/mol. The van der Waals surface area contributed by atoms with Crippen LogP contribution in [-0.2, 0) is 13.6 Å². The zero-order chi connectivity index (χ0) is 14.8. The molecule has 0 aliphatic carbocycles. The summed E-state index contributed by atoms with van der Waals surface area (Å²) in [6.07, 6.45) is 1.04. The summed E-state index contributed by atoms with van der Waals surface area (Å²) in [4.78, 5) is 1.08. The molecule has 0 fully saturated rings. The number of thioether (sulfide) groups is 2. The van der Waals surface area contributed by atoms with Crippen LogP contribution in [0, 0.1) is 0 Å². The second kappa shape index (κ2) is 9.91. The number of benzene rings is 1.